The molecule has 0 radical (unpaired) electrons. The summed E-state index contributed by atoms with van der Waals surface area (Å²) in [6.07, 6.45) is 0. The minimum Gasteiger partial charge on any atom is -0.550 e. The van der Waals surface area contributed by atoms with Crippen molar-refractivity contribution < 1.29 is 119 Å². The van der Waals surface area contributed by atoms with Gasteiger partial charge in [-0.25, -0.2) is 0 Å². The van der Waals surface area contributed by atoms with E-state index in [1.807, 2.05) is 0 Å². The second-order valence-electron chi connectivity index (χ2n) is 7.63. The van der Waals surface area contributed by atoms with E-state index in [1.54, 1.807) is 0 Å². The maximum absolute atomic E-state index is 8.89. The Morgan fingerprint density at radius 3 is 0.219 bits per heavy atom. The molecule has 0 fully saturated rings. The Bertz CT molecular complexity index is 714. The van der Waals surface area contributed by atoms with Crippen molar-refractivity contribution in [1.82, 2.24) is 0 Å². The third kappa shape index (κ3) is 13800000. The SMILES string of the molecule is CC(=O)[O-].CC(=O)[O-].CC(=O)[O-].CC(=O)[O-].CC(=O)[O-].CC(=O)[O-].CC(=O)[O-].CC(=O)[O-].CC(=O)[O-].CC(=O)[O-].CC(=O)[O-].CC(=O)[O-].NCCN.NCCN.NCCN.[In+3].[In+3].[In+3].[In+3]. The molecule has 0 bridgehead atoms. The molecule has 0 aliphatic carbocycles. The summed E-state index contributed by atoms with van der Waals surface area (Å²) in [6, 6.07) is 0. The zero-order chi connectivity index (χ0) is 53.2. The fourth-order valence-electron chi connectivity index (χ4n) is 0. The minimum absolute atomic E-state index is 0. The summed E-state index contributed by atoms with van der Waals surface area (Å²) in [5, 5.41) is 107. The van der Waals surface area contributed by atoms with Crippen LogP contribution in [0.4, 0.5) is 0 Å². The molecule has 0 saturated carbocycles. The summed E-state index contributed by atoms with van der Waals surface area (Å²) in [5.74, 6) is -13.0. The molecule has 0 aromatic carbocycles. The Hall–Kier alpha value is -3.12. The van der Waals surface area contributed by atoms with Gasteiger partial charge in [0.25, 0.3) is 0 Å². The number of hydrogen-bond donors (Lipinski definition) is 6. The van der Waals surface area contributed by atoms with Crippen molar-refractivity contribution in [2.45, 2.75) is 83.1 Å². The molecule has 0 aromatic heterocycles. The van der Waals surface area contributed by atoms with Crippen LogP contribution in [0, 0.1) is 0 Å². The van der Waals surface area contributed by atoms with Crippen LogP contribution < -0.4 is 95.7 Å². The van der Waals surface area contributed by atoms with Gasteiger partial charge in [-0.3, -0.25) is 0 Å². The molecule has 30 nitrogen and oxygen atoms in total. The largest absolute Gasteiger partial charge is 3.00 e. The van der Waals surface area contributed by atoms with E-state index in [1.165, 1.54) is 0 Å². The van der Waals surface area contributed by atoms with Crippen LogP contribution in [-0.4, -0.2) is 214 Å². The molecule has 0 aromatic rings. The molecule has 34 heteroatoms. The number of aliphatic carboxylic acids is 12. The second kappa shape index (κ2) is 137. The number of carboxylic acid groups (broad SMARTS) is 12. The molecular formula is C30H60In4N6O24. The van der Waals surface area contributed by atoms with Crippen LogP contribution in [0.3, 0.4) is 0 Å². The molecule has 366 valence electrons. The molecule has 0 atom stereocenters. The van der Waals surface area contributed by atoms with Crippen molar-refractivity contribution in [3.05, 3.63) is 0 Å². The fourth-order valence-corrected chi connectivity index (χ4v) is 0. The van der Waals surface area contributed by atoms with E-state index in [-0.39, 0.29) is 103 Å². The van der Waals surface area contributed by atoms with Crippen LogP contribution >= 0.6 is 0 Å². The molecule has 0 heterocycles. The van der Waals surface area contributed by atoms with Crippen molar-refractivity contribution in [1.29, 1.82) is 0 Å². The summed E-state index contributed by atoms with van der Waals surface area (Å²) in [4.78, 5) is 107. The van der Waals surface area contributed by atoms with Gasteiger partial charge in [-0.05, 0) is 83.1 Å². The zero-order valence-electron chi connectivity index (χ0n) is 37.8. The number of hydrogen-bond acceptors (Lipinski definition) is 30. The monoisotopic (exact) mass is 1350 g/mol. The number of carboxylic acids is 12. The van der Waals surface area contributed by atoms with E-state index in [9.17, 15) is 0 Å². The molecule has 0 rings (SSSR count). The van der Waals surface area contributed by atoms with Crippen LogP contribution in [0.2, 0.25) is 0 Å². The molecule has 0 spiro atoms. The first kappa shape index (κ1) is 124. The number of nitrogens with two attached hydrogens (primary N) is 6. The van der Waals surface area contributed by atoms with Crippen LogP contribution in [0.15, 0.2) is 0 Å². The van der Waals surface area contributed by atoms with Crippen molar-refractivity contribution in [3.8, 4) is 0 Å². The molecular weight excluding hydrogens is 1290 g/mol. The van der Waals surface area contributed by atoms with Gasteiger partial charge in [0.15, 0.2) is 0 Å². The predicted molar refractivity (Wildman–Crippen MR) is 206 cm³/mol. The molecule has 12 N–H and O–H groups in total. The number of carbonyl (C=O) groups excluding carboxylic acids is 12. The average Bonchev–Trinajstić information content (AvgIpc) is 2.94. The molecule has 0 amide bonds. The van der Waals surface area contributed by atoms with Crippen molar-refractivity contribution in [3.63, 3.8) is 0 Å². The molecule has 0 aliphatic rings. The van der Waals surface area contributed by atoms with Crippen molar-refractivity contribution in [2.75, 3.05) is 39.3 Å². The van der Waals surface area contributed by atoms with Gasteiger partial charge in [0.2, 0.25) is 0 Å². The molecule has 0 saturated heterocycles. The Balaban J connectivity index is -0.0000000199. The average molecular weight is 1350 g/mol. The topological polar surface area (TPSA) is 638 Å². The van der Waals surface area contributed by atoms with E-state index < -0.39 is 71.6 Å². The van der Waals surface area contributed by atoms with E-state index in [4.69, 9.17) is 153 Å². The summed E-state index contributed by atoms with van der Waals surface area (Å²) in [5.41, 5.74) is 29.4. The quantitative estimate of drug-likeness (QED) is 0.153. The first-order chi connectivity index (χ1) is 26.5. The van der Waals surface area contributed by atoms with E-state index in [2.05, 4.69) is 0 Å². The van der Waals surface area contributed by atoms with Gasteiger partial charge >= 0.3 is 103 Å². The van der Waals surface area contributed by atoms with Gasteiger partial charge in [-0.1, -0.05) is 0 Å². The maximum atomic E-state index is 8.89. The van der Waals surface area contributed by atoms with Crippen LogP contribution in [-0.2, 0) is 57.5 Å². The predicted octanol–water partition coefficient (Wildman–Crippen LogP) is -19.7. The summed E-state index contributed by atoms with van der Waals surface area (Å²) in [7, 11) is 0. The van der Waals surface area contributed by atoms with E-state index >= 15 is 0 Å². The third-order valence-corrected chi connectivity index (χ3v) is 0.500. The summed E-state index contributed by atoms with van der Waals surface area (Å²) in [6.45, 7) is 15.2. The summed E-state index contributed by atoms with van der Waals surface area (Å²) < 4.78 is 0. The minimum atomic E-state index is -1.08. The van der Waals surface area contributed by atoms with Crippen LogP contribution in [0.5, 0.6) is 0 Å². The van der Waals surface area contributed by atoms with Crippen LogP contribution in [0.25, 0.3) is 0 Å². The van der Waals surface area contributed by atoms with E-state index in [0.29, 0.717) is 39.3 Å². The molecule has 0 aliphatic heterocycles. The van der Waals surface area contributed by atoms with E-state index in [0.717, 1.165) is 83.1 Å². The first-order valence-electron chi connectivity index (χ1n) is 14.8. The smallest absolute Gasteiger partial charge is 0.550 e. The fraction of sp³-hybridized carbons (Fsp3) is 0.600. The Kier molecular flexibility index (Phi) is 267. The number of rotatable bonds is 3. The van der Waals surface area contributed by atoms with Gasteiger partial charge in [-0.2, -0.15) is 0 Å². The van der Waals surface area contributed by atoms with Gasteiger partial charge < -0.3 is 153 Å². The van der Waals surface area contributed by atoms with Gasteiger partial charge in [0.05, 0.1) is 0 Å². The summed E-state index contributed by atoms with van der Waals surface area (Å²) >= 11 is 0. The van der Waals surface area contributed by atoms with Gasteiger partial charge in [-0.15, -0.1) is 0 Å². The standard InChI is InChI=1S/3C2H8N2.12C2H4O2.4In/c3*3-1-2-4;12*1-2(3)4;;;;/h3*1-4H2;12*1H3,(H,3,4);;;;/q;;;;;;;;;;;;;;;4*+3/p-12. The Labute approximate surface area is 447 Å². The Morgan fingerprint density at radius 2 is 0.219 bits per heavy atom. The van der Waals surface area contributed by atoms with Crippen molar-refractivity contribution >= 4 is 175 Å². The first-order valence-corrected chi connectivity index (χ1v) is 14.8. The van der Waals surface area contributed by atoms with Crippen molar-refractivity contribution in [2.24, 2.45) is 34.4 Å². The van der Waals surface area contributed by atoms with Gasteiger partial charge in [0.1, 0.15) is 0 Å². The normalized spacial score (nSPS) is 6.09. The van der Waals surface area contributed by atoms with Crippen LogP contribution in [0.1, 0.15) is 83.1 Å². The molecule has 0 unspecified atom stereocenters. The zero-order valence-corrected chi connectivity index (χ0v) is 51.0. The Morgan fingerprint density at radius 1 is 0.203 bits per heavy atom. The van der Waals surface area contributed by atoms with Gasteiger partial charge in [0, 0.05) is 111 Å². The maximum Gasteiger partial charge on any atom is 3.00 e. The second-order valence-corrected chi connectivity index (χ2v) is 7.63. The third-order valence-electron chi connectivity index (χ3n) is 0.500. The molecule has 64 heavy (non-hydrogen) atoms. The number of carbonyl (C=O) groups is 12.